The molecule has 1 amide bonds. The molecular formula is C31H36N4O2. The lowest BCUT2D eigenvalue weighted by Gasteiger charge is -2.24. The molecule has 5 rings (SSSR count). The highest BCUT2D eigenvalue weighted by atomic mass is 16.3. The molecule has 2 heterocycles. The van der Waals surface area contributed by atoms with Crippen LogP contribution in [0.2, 0.25) is 0 Å². The zero-order chi connectivity index (χ0) is 26.2. The van der Waals surface area contributed by atoms with E-state index in [1.54, 1.807) is 0 Å². The van der Waals surface area contributed by atoms with Crippen molar-refractivity contribution in [2.75, 3.05) is 20.6 Å². The van der Waals surface area contributed by atoms with Gasteiger partial charge in [0.25, 0.3) is 0 Å². The maximum absolute atomic E-state index is 12.8. The van der Waals surface area contributed by atoms with Gasteiger partial charge < -0.3 is 19.6 Å². The molecule has 0 saturated heterocycles. The molecule has 1 unspecified atom stereocenters. The van der Waals surface area contributed by atoms with Crippen LogP contribution in [-0.4, -0.2) is 42.5 Å². The lowest BCUT2D eigenvalue weighted by Crippen LogP contribution is -2.49. The predicted molar refractivity (Wildman–Crippen MR) is 151 cm³/mol. The number of amides is 1. The number of nitrogens with zero attached hydrogens (tertiary/aromatic N) is 1. The Morgan fingerprint density at radius 1 is 0.973 bits per heavy atom. The van der Waals surface area contributed by atoms with Gasteiger partial charge in [0.1, 0.15) is 11.3 Å². The molecule has 0 radical (unpaired) electrons. The SMILES string of the molecule is CC(NC(=O)[C@H](CN(C)C)NCc1cc2ccccc2o1)c1ccccc1.Cc1c[nH]c2ccccc12. The second kappa shape index (κ2) is 12.4. The molecule has 37 heavy (non-hydrogen) atoms. The maximum atomic E-state index is 12.8. The largest absolute Gasteiger partial charge is 0.460 e. The van der Waals surface area contributed by atoms with Gasteiger partial charge in [-0.1, -0.05) is 66.7 Å². The van der Waals surface area contributed by atoms with E-state index in [0.717, 1.165) is 22.3 Å². The second-order valence-electron chi connectivity index (χ2n) is 9.60. The number of carbonyl (C=O) groups excluding carboxylic acids is 1. The second-order valence-corrected chi connectivity index (χ2v) is 9.60. The molecule has 0 aliphatic rings. The lowest BCUT2D eigenvalue weighted by molar-refractivity contribution is -0.124. The van der Waals surface area contributed by atoms with Crippen LogP contribution in [0.3, 0.4) is 0 Å². The number of carbonyl (C=O) groups is 1. The van der Waals surface area contributed by atoms with E-state index >= 15 is 0 Å². The topological polar surface area (TPSA) is 73.3 Å². The van der Waals surface area contributed by atoms with Crippen molar-refractivity contribution in [2.24, 2.45) is 0 Å². The quantitative estimate of drug-likeness (QED) is 0.254. The molecule has 0 aliphatic heterocycles. The Morgan fingerprint density at radius 3 is 2.41 bits per heavy atom. The monoisotopic (exact) mass is 496 g/mol. The first-order valence-electron chi connectivity index (χ1n) is 12.6. The molecule has 5 aromatic rings. The molecule has 0 aliphatic carbocycles. The van der Waals surface area contributed by atoms with Crippen LogP contribution in [0, 0.1) is 6.92 Å². The van der Waals surface area contributed by atoms with E-state index < -0.39 is 0 Å². The summed E-state index contributed by atoms with van der Waals surface area (Å²) >= 11 is 0. The van der Waals surface area contributed by atoms with E-state index in [-0.39, 0.29) is 18.0 Å². The van der Waals surface area contributed by atoms with Crippen molar-refractivity contribution in [3.63, 3.8) is 0 Å². The normalized spacial score (nSPS) is 12.8. The minimum absolute atomic E-state index is 0.0174. The van der Waals surface area contributed by atoms with Gasteiger partial charge in [0.15, 0.2) is 0 Å². The summed E-state index contributed by atoms with van der Waals surface area (Å²) in [7, 11) is 3.92. The molecule has 3 aromatic carbocycles. The van der Waals surface area contributed by atoms with Gasteiger partial charge in [0.2, 0.25) is 5.91 Å². The molecule has 6 heteroatoms. The number of likely N-dealkylation sites (N-methyl/N-ethyl adjacent to an activating group) is 1. The van der Waals surface area contributed by atoms with Crippen LogP contribution in [0.15, 0.2) is 95.5 Å². The number of aromatic amines is 1. The minimum Gasteiger partial charge on any atom is -0.460 e. The van der Waals surface area contributed by atoms with Crippen molar-refractivity contribution in [2.45, 2.75) is 32.5 Å². The summed E-state index contributed by atoms with van der Waals surface area (Å²) in [5.74, 6) is 0.806. The van der Waals surface area contributed by atoms with Crippen molar-refractivity contribution in [3.05, 3.63) is 108 Å². The molecule has 0 saturated carbocycles. The Hall–Kier alpha value is -3.87. The molecule has 2 aromatic heterocycles. The fourth-order valence-electron chi connectivity index (χ4n) is 4.31. The molecule has 192 valence electrons. The van der Waals surface area contributed by atoms with Crippen molar-refractivity contribution >= 4 is 27.8 Å². The number of furan rings is 1. The number of nitrogens with one attached hydrogen (secondary N) is 3. The first kappa shape index (κ1) is 26.2. The number of para-hydroxylation sites is 2. The Kier molecular flexibility index (Phi) is 8.77. The van der Waals surface area contributed by atoms with Gasteiger partial charge in [-0.15, -0.1) is 0 Å². The Bertz CT molecular complexity index is 1390. The van der Waals surface area contributed by atoms with Crippen molar-refractivity contribution in [1.29, 1.82) is 0 Å². The smallest absolute Gasteiger partial charge is 0.238 e. The first-order valence-corrected chi connectivity index (χ1v) is 12.6. The van der Waals surface area contributed by atoms with E-state index in [1.165, 1.54) is 16.5 Å². The summed E-state index contributed by atoms with van der Waals surface area (Å²) in [4.78, 5) is 18.0. The van der Waals surface area contributed by atoms with Gasteiger partial charge in [-0.3, -0.25) is 10.1 Å². The number of fused-ring (bicyclic) bond motifs is 2. The highest BCUT2D eigenvalue weighted by molar-refractivity contribution is 5.83. The van der Waals surface area contributed by atoms with E-state index in [4.69, 9.17) is 4.42 Å². The fourth-order valence-corrected chi connectivity index (χ4v) is 4.31. The predicted octanol–water partition coefficient (Wildman–Crippen LogP) is 5.81. The molecule has 0 fully saturated rings. The van der Waals surface area contributed by atoms with Gasteiger partial charge in [-0.2, -0.15) is 0 Å². The highest BCUT2D eigenvalue weighted by Crippen LogP contribution is 2.19. The Labute approximate surface area is 218 Å². The van der Waals surface area contributed by atoms with Gasteiger partial charge in [-0.25, -0.2) is 0 Å². The van der Waals surface area contributed by atoms with Crippen LogP contribution in [0.5, 0.6) is 0 Å². The van der Waals surface area contributed by atoms with Crippen molar-refractivity contribution in [1.82, 2.24) is 20.5 Å². The summed E-state index contributed by atoms with van der Waals surface area (Å²) in [5.41, 5.74) is 4.49. The number of benzene rings is 3. The zero-order valence-electron chi connectivity index (χ0n) is 22.0. The highest BCUT2D eigenvalue weighted by Gasteiger charge is 2.21. The maximum Gasteiger partial charge on any atom is 0.238 e. The number of aromatic nitrogens is 1. The number of aryl methyl sites for hydroxylation is 1. The minimum atomic E-state index is -0.334. The van der Waals surface area contributed by atoms with E-state index in [2.05, 4.69) is 40.7 Å². The number of H-pyrrole nitrogens is 1. The van der Waals surface area contributed by atoms with Crippen molar-refractivity contribution < 1.29 is 9.21 Å². The van der Waals surface area contributed by atoms with Crippen molar-refractivity contribution in [3.8, 4) is 0 Å². The summed E-state index contributed by atoms with van der Waals surface area (Å²) in [6.45, 7) is 5.21. The average molecular weight is 497 g/mol. The average Bonchev–Trinajstić information content (AvgIpc) is 3.50. The molecule has 0 spiro atoms. The van der Waals surface area contributed by atoms with Crippen LogP contribution in [-0.2, 0) is 11.3 Å². The standard InChI is InChI=1S/C22H27N3O2.C9H9N/c1-16(17-9-5-4-6-10-17)24-22(26)20(15-25(2)3)23-14-19-13-18-11-7-8-12-21(18)27-19;1-7-6-10-9-5-3-2-4-8(7)9/h4-13,16,20,23H,14-15H2,1-3H3,(H,24,26);2-6,10H,1H3/t16?,20-;/m0./s1. The van der Waals surface area contributed by atoms with E-state index in [9.17, 15) is 4.79 Å². The number of rotatable bonds is 8. The van der Waals surface area contributed by atoms with Gasteiger partial charge >= 0.3 is 0 Å². The summed E-state index contributed by atoms with van der Waals surface area (Å²) < 4.78 is 5.85. The van der Waals surface area contributed by atoms with Gasteiger partial charge in [-0.05, 0) is 57.3 Å². The van der Waals surface area contributed by atoms with Crippen LogP contribution in [0.4, 0.5) is 0 Å². The third kappa shape index (κ3) is 7.09. The number of hydrogen-bond donors (Lipinski definition) is 3. The zero-order valence-corrected chi connectivity index (χ0v) is 22.0. The molecule has 3 N–H and O–H groups in total. The number of hydrogen-bond acceptors (Lipinski definition) is 4. The van der Waals surface area contributed by atoms with Crippen LogP contribution in [0.25, 0.3) is 21.9 Å². The van der Waals surface area contributed by atoms with Gasteiger partial charge in [0, 0.05) is 29.0 Å². The van der Waals surface area contributed by atoms with E-state index in [1.807, 2.05) is 98.8 Å². The summed E-state index contributed by atoms with van der Waals surface area (Å²) in [6.07, 6.45) is 2.03. The summed E-state index contributed by atoms with van der Waals surface area (Å²) in [5, 5.41) is 8.84. The van der Waals surface area contributed by atoms with Crippen LogP contribution in [0.1, 0.15) is 29.9 Å². The Morgan fingerprint density at radius 2 is 1.68 bits per heavy atom. The van der Waals surface area contributed by atoms with Gasteiger partial charge in [0.05, 0.1) is 18.6 Å². The van der Waals surface area contributed by atoms with E-state index in [0.29, 0.717) is 13.1 Å². The lowest BCUT2D eigenvalue weighted by atomic mass is 10.1. The summed E-state index contributed by atoms with van der Waals surface area (Å²) in [6, 6.07) is 27.8. The third-order valence-electron chi connectivity index (χ3n) is 6.32. The van der Waals surface area contributed by atoms with Crippen LogP contribution >= 0.6 is 0 Å². The molecular weight excluding hydrogens is 460 g/mol. The fraction of sp³-hybridized carbons (Fsp3) is 0.258. The molecule has 0 bridgehead atoms. The Balaban J connectivity index is 0.000000265. The first-order chi connectivity index (χ1) is 17.9. The van der Waals surface area contributed by atoms with Crippen LogP contribution < -0.4 is 10.6 Å². The molecule has 6 nitrogen and oxygen atoms in total. The molecule has 2 atom stereocenters. The third-order valence-corrected chi connectivity index (χ3v) is 6.32.